The molecule has 1 atom stereocenters. The Morgan fingerprint density at radius 3 is 2.80 bits per heavy atom. The Bertz CT molecular complexity index is 819. The van der Waals surface area contributed by atoms with Crippen LogP contribution in [0.1, 0.15) is 24.5 Å². The number of anilines is 2. The maximum atomic E-state index is 12.7. The number of hydrogen-bond acceptors (Lipinski definition) is 4. The van der Waals surface area contributed by atoms with Crippen molar-refractivity contribution in [2.24, 2.45) is 0 Å². The average molecular weight is 339 g/mol. The number of nitro groups is 1. The van der Waals surface area contributed by atoms with Crippen molar-refractivity contribution >= 4 is 23.0 Å². The van der Waals surface area contributed by atoms with Crippen molar-refractivity contribution in [2.75, 3.05) is 16.8 Å². The van der Waals surface area contributed by atoms with Gasteiger partial charge in [-0.3, -0.25) is 14.9 Å². The third kappa shape index (κ3) is 3.47. The lowest BCUT2D eigenvalue weighted by Crippen LogP contribution is -2.44. The van der Waals surface area contributed by atoms with E-state index in [1.54, 1.807) is 18.2 Å². The molecule has 6 heteroatoms. The van der Waals surface area contributed by atoms with Crippen LogP contribution in [0.2, 0.25) is 0 Å². The Morgan fingerprint density at radius 1 is 1.28 bits per heavy atom. The second-order valence-corrected chi connectivity index (χ2v) is 6.37. The third-order valence-corrected chi connectivity index (χ3v) is 4.60. The molecule has 2 aromatic rings. The molecule has 6 nitrogen and oxygen atoms in total. The highest BCUT2D eigenvalue weighted by Crippen LogP contribution is 2.30. The number of nitrogens with one attached hydrogen (secondary N) is 1. The van der Waals surface area contributed by atoms with Crippen molar-refractivity contribution in [1.82, 2.24) is 0 Å². The highest BCUT2D eigenvalue weighted by atomic mass is 16.6. The number of carbonyl (C=O) groups is 1. The first-order valence-electron chi connectivity index (χ1n) is 8.38. The van der Waals surface area contributed by atoms with Gasteiger partial charge in [0.05, 0.1) is 4.92 Å². The number of carbonyl (C=O) groups excluding carboxylic acids is 1. The fraction of sp³-hybridized carbons (Fsp3) is 0.316. The topological polar surface area (TPSA) is 75.5 Å². The van der Waals surface area contributed by atoms with Crippen molar-refractivity contribution < 1.29 is 9.72 Å². The van der Waals surface area contributed by atoms with Crippen LogP contribution >= 0.6 is 0 Å². The van der Waals surface area contributed by atoms with Gasteiger partial charge in [0.2, 0.25) is 5.91 Å². The van der Waals surface area contributed by atoms with Gasteiger partial charge < -0.3 is 10.2 Å². The summed E-state index contributed by atoms with van der Waals surface area (Å²) in [5, 5.41) is 13.8. The molecule has 1 aliphatic rings. The number of rotatable bonds is 4. The minimum atomic E-state index is -0.487. The maximum absolute atomic E-state index is 12.7. The van der Waals surface area contributed by atoms with E-state index in [4.69, 9.17) is 0 Å². The van der Waals surface area contributed by atoms with Crippen LogP contribution in [-0.2, 0) is 11.2 Å². The van der Waals surface area contributed by atoms with Crippen molar-refractivity contribution in [3.8, 4) is 0 Å². The number of para-hydroxylation sites is 2. The van der Waals surface area contributed by atoms with E-state index in [0.717, 1.165) is 25.1 Å². The van der Waals surface area contributed by atoms with Gasteiger partial charge in [0.1, 0.15) is 11.7 Å². The predicted molar refractivity (Wildman–Crippen MR) is 98.0 cm³/mol. The van der Waals surface area contributed by atoms with Crippen LogP contribution in [0, 0.1) is 17.0 Å². The van der Waals surface area contributed by atoms with Gasteiger partial charge in [0.15, 0.2) is 0 Å². The van der Waals surface area contributed by atoms with Crippen LogP contribution in [0.25, 0.3) is 0 Å². The van der Waals surface area contributed by atoms with E-state index in [1.807, 2.05) is 13.0 Å². The molecule has 130 valence electrons. The first kappa shape index (κ1) is 17.0. The lowest BCUT2D eigenvalue weighted by Gasteiger charge is -2.35. The molecule has 1 aliphatic heterocycles. The second kappa shape index (κ2) is 6.93. The Hall–Kier alpha value is -2.89. The molecule has 1 heterocycles. The van der Waals surface area contributed by atoms with E-state index in [0.29, 0.717) is 0 Å². The summed E-state index contributed by atoms with van der Waals surface area (Å²) in [6, 6.07) is 12.0. The summed E-state index contributed by atoms with van der Waals surface area (Å²) in [4.78, 5) is 25.4. The SMILES string of the molecule is Cc1ccc2c(c1)CCCN2[C@@H](C)C(=O)Nc1ccccc1[N+](=O)[O-]. The van der Waals surface area contributed by atoms with Gasteiger partial charge in [-0.05, 0) is 44.4 Å². The number of hydrogen-bond donors (Lipinski definition) is 1. The van der Waals surface area contributed by atoms with E-state index in [-0.39, 0.29) is 17.3 Å². The zero-order valence-electron chi connectivity index (χ0n) is 14.4. The Balaban J connectivity index is 1.82. The largest absolute Gasteiger partial charge is 0.360 e. The highest BCUT2D eigenvalue weighted by molar-refractivity contribution is 5.98. The van der Waals surface area contributed by atoms with Crippen LogP contribution in [-0.4, -0.2) is 23.4 Å². The minimum Gasteiger partial charge on any atom is -0.360 e. The summed E-state index contributed by atoms with van der Waals surface area (Å²) < 4.78 is 0. The lowest BCUT2D eigenvalue weighted by molar-refractivity contribution is -0.383. The average Bonchev–Trinajstić information content (AvgIpc) is 2.60. The van der Waals surface area contributed by atoms with Crippen LogP contribution in [0.5, 0.6) is 0 Å². The van der Waals surface area contributed by atoms with Gasteiger partial charge in [0.25, 0.3) is 5.69 Å². The number of benzene rings is 2. The first-order valence-corrected chi connectivity index (χ1v) is 8.38. The van der Waals surface area contributed by atoms with Crippen molar-refractivity contribution in [3.05, 3.63) is 63.7 Å². The van der Waals surface area contributed by atoms with Gasteiger partial charge in [0, 0.05) is 18.3 Å². The number of aryl methyl sites for hydroxylation is 2. The van der Waals surface area contributed by atoms with Crippen LogP contribution in [0.4, 0.5) is 17.1 Å². The molecule has 0 unspecified atom stereocenters. The zero-order valence-corrected chi connectivity index (χ0v) is 14.4. The van der Waals surface area contributed by atoms with Crippen LogP contribution in [0.15, 0.2) is 42.5 Å². The normalized spacial score (nSPS) is 14.6. The monoisotopic (exact) mass is 339 g/mol. The molecule has 3 rings (SSSR count). The zero-order chi connectivity index (χ0) is 18.0. The summed E-state index contributed by atoms with van der Waals surface area (Å²) in [5.41, 5.74) is 3.65. The summed E-state index contributed by atoms with van der Waals surface area (Å²) in [5.74, 6) is -0.247. The summed E-state index contributed by atoms with van der Waals surface area (Å²) in [6.07, 6.45) is 1.99. The van der Waals surface area contributed by atoms with E-state index in [2.05, 4.69) is 29.3 Å². The van der Waals surface area contributed by atoms with Gasteiger partial charge in [-0.1, -0.05) is 29.8 Å². The molecule has 0 fully saturated rings. The Labute approximate surface area is 146 Å². The molecule has 0 radical (unpaired) electrons. The van der Waals surface area contributed by atoms with Gasteiger partial charge in [-0.2, -0.15) is 0 Å². The molecule has 0 saturated carbocycles. The highest BCUT2D eigenvalue weighted by Gasteiger charge is 2.27. The van der Waals surface area contributed by atoms with Crippen molar-refractivity contribution in [3.63, 3.8) is 0 Å². The lowest BCUT2D eigenvalue weighted by atomic mass is 9.98. The van der Waals surface area contributed by atoms with Crippen molar-refractivity contribution in [1.29, 1.82) is 0 Å². The van der Waals surface area contributed by atoms with E-state index in [9.17, 15) is 14.9 Å². The van der Waals surface area contributed by atoms with Gasteiger partial charge >= 0.3 is 0 Å². The van der Waals surface area contributed by atoms with E-state index < -0.39 is 11.0 Å². The Kier molecular flexibility index (Phi) is 4.70. The molecule has 0 aliphatic carbocycles. The molecule has 0 spiro atoms. The third-order valence-electron chi connectivity index (χ3n) is 4.60. The second-order valence-electron chi connectivity index (χ2n) is 6.37. The molecule has 0 saturated heterocycles. The molecule has 1 N–H and O–H groups in total. The van der Waals surface area contributed by atoms with Gasteiger partial charge in [-0.15, -0.1) is 0 Å². The molecular formula is C19H21N3O3. The first-order chi connectivity index (χ1) is 12.0. The fourth-order valence-corrected chi connectivity index (χ4v) is 3.27. The molecule has 0 bridgehead atoms. The molecular weight excluding hydrogens is 318 g/mol. The summed E-state index contributed by atoms with van der Waals surface area (Å²) >= 11 is 0. The summed E-state index contributed by atoms with van der Waals surface area (Å²) in [7, 11) is 0. The fourth-order valence-electron chi connectivity index (χ4n) is 3.27. The predicted octanol–water partition coefficient (Wildman–Crippen LogP) is 3.68. The van der Waals surface area contributed by atoms with Crippen LogP contribution in [0.3, 0.4) is 0 Å². The molecule has 25 heavy (non-hydrogen) atoms. The van der Waals surface area contributed by atoms with Gasteiger partial charge in [-0.25, -0.2) is 0 Å². The number of nitro benzene ring substituents is 1. The number of amides is 1. The molecule has 0 aromatic heterocycles. The smallest absolute Gasteiger partial charge is 0.292 e. The van der Waals surface area contributed by atoms with E-state index >= 15 is 0 Å². The Morgan fingerprint density at radius 2 is 2.04 bits per heavy atom. The number of fused-ring (bicyclic) bond motifs is 1. The standard InChI is InChI=1S/C19H21N3O3/c1-13-9-10-17-15(12-13)6-5-11-21(17)14(2)19(23)20-16-7-3-4-8-18(16)22(24)25/h3-4,7-10,12,14H,5-6,11H2,1-2H3,(H,20,23)/t14-/m0/s1. The maximum Gasteiger partial charge on any atom is 0.292 e. The quantitative estimate of drug-likeness (QED) is 0.681. The molecule has 1 amide bonds. The summed E-state index contributed by atoms with van der Waals surface area (Å²) in [6.45, 7) is 4.69. The minimum absolute atomic E-state index is 0.0993. The molecule has 2 aromatic carbocycles. The van der Waals surface area contributed by atoms with Crippen molar-refractivity contribution in [2.45, 2.75) is 32.7 Å². The van der Waals surface area contributed by atoms with Crippen LogP contribution < -0.4 is 10.2 Å². The number of nitrogens with zero attached hydrogens (tertiary/aromatic N) is 2. The van der Waals surface area contributed by atoms with E-state index in [1.165, 1.54) is 17.2 Å².